The first-order chi connectivity index (χ1) is 18.8. The Kier molecular flexibility index (Phi) is 8.12. The molecule has 2 fully saturated rings. The number of halogens is 1. The Balaban J connectivity index is 1.26. The molecule has 204 valence electrons. The number of likely N-dealkylation sites (tertiary alicyclic amines) is 1. The van der Waals surface area contributed by atoms with E-state index >= 15 is 0 Å². The zero-order valence-corrected chi connectivity index (χ0v) is 23.1. The van der Waals surface area contributed by atoms with E-state index in [0.717, 1.165) is 49.3 Å². The third-order valence-corrected chi connectivity index (χ3v) is 8.16. The topological polar surface area (TPSA) is 52.7 Å². The summed E-state index contributed by atoms with van der Waals surface area (Å²) in [5.74, 6) is -0.152. The molecule has 0 bridgehead atoms. The number of carbonyl (C=O) groups is 2. The van der Waals surface area contributed by atoms with Gasteiger partial charge in [0.2, 0.25) is 5.91 Å². The minimum Gasteiger partial charge on any atom is -0.348 e. The van der Waals surface area contributed by atoms with Gasteiger partial charge in [-0.2, -0.15) is 0 Å². The lowest BCUT2D eigenvalue weighted by molar-refractivity contribution is -0.124. The molecule has 0 spiro atoms. The van der Waals surface area contributed by atoms with Gasteiger partial charge in [0.05, 0.1) is 0 Å². The minimum absolute atomic E-state index is 0.0740. The maximum atomic E-state index is 14.3. The number of anilines is 1. The van der Waals surface area contributed by atoms with E-state index in [4.69, 9.17) is 0 Å². The highest BCUT2D eigenvalue weighted by molar-refractivity contribution is 5.99. The Morgan fingerprint density at radius 2 is 1.69 bits per heavy atom. The Hall–Kier alpha value is -3.51. The van der Waals surface area contributed by atoms with Crippen molar-refractivity contribution >= 4 is 17.5 Å². The van der Waals surface area contributed by atoms with Crippen molar-refractivity contribution in [3.8, 4) is 0 Å². The van der Waals surface area contributed by atoms with Gasteiger partial charge in [0.25, 0.3) is 5.91 Å². The molecule has 2 heterocycles. The number of nitrogens with one attached hydrogen (secondary N) is 1. The molecule has 5 nitrogen and oxygen atoms in total. The highest BCUT2D eigenvalue weighted by atomic mass is 19.1. The number of piperidine rings is 1. The van der Waals surface area contributed by atoms with Gasteiger partial charge in [-0.15, -0.1) is 0 Å². The van der Waals surface area contributed by atoms with Crippen molar-refractivity contribution in [1.29, 1.82) is 0 Å². The Labute approximate surface area is 231 Å². The summed E-state index contributed by atoms with van der Waals surface area (Å²) >= 11 is 0. The van der Waals surface area contributed by atoms with Crippen LogP contribution in [0.5, 0.6) is 0 Å². The van der Waals surface area contributed by atoms with Crippen LogP contribution in [0.2, 0.25) is 0 Å². The summed E-state index contributed by atoms with van der Waals surface area (Å²) in [5, 5.41) is 3.22. The van der Waals surface area contributed by atoms with Crippen LogP contribution in [0.1, 0.15) is 52.4 Å². The van der Waals surface area contributed by atoms with Gasteiger partial charge in [0, 0.05) is 49.4 Å². The van der Waals surface area contributed by atoms with Crippen LogP contribution in [0.4, 0.5) is 10.1 Å². The van der Waals surface area contributed by atoms with Gasteiger partial charge in [0.15, 0.2) is 0 Å². The number of rotatable bonds is 7. The van der Waals surface area contributed by atoms with E-state index in [1.807, 2.05) is 56.0 Å². The number of nitrogens with zero attached hydrogens (tertiary/aromatic N) is 2. The molecule has 0 radical (unpaired) electrons. The maximum absolute atomic E-state index is 14.3. The molecule has 3 atom stereocenters. The Morgan fingerprint density at radius 1 is 1.00 bits per heavy atom. The molecule has 2 amide bonds. The third-order valence-electron chi connectivity index (χ3n) is 8.16. The lowest BCUT2D eigenvalue weighted by atomic mass is 9.84. The molecule has 6 heteroatoms. The molecule has 2 saturated heterocycles. The molecule has 1 unspecified atom stereocenters. The zero-order valence-electron chi connectivity index (χ0n) is 23.1. The van der Waals surface area contributed by atoms with Crippen LogP contribution in [0.15, 0.2) is 66.7 Å². The quantitative estimate of drug-likeness (QED) is 0.430. The van der Waals surface area contributed by atoms with Gasteiger partial charge < -0.3 is 10.2 Å². The fourth-order valence-corrected chi connectivity index (χ4v) is 6.33. The fraction of sp³-hybridized carbons (Fsp3) is 0.394. The Morgan fingerprint density at radius 3 is 2.41 bits per heavy atom. The van der Waals surface area contributed by atoms with Crippen molar-refractivity contribution in [3.63, 3.8) is 0 Å². The monoisotopic (exact) mass is 527 g/mol. The highest BCUT2D eigenvalue weighted by Gasteiger charge is 2.34. The van der Waals surface area contributed by atoms with Gasteiger partial charge in [-0.25, -0.2) is 4.39 Å². The van der Waals surface area contributed by atoms with Crippen LogP contribution in [-0.2, 0) is 17.8 Å². The maximum Gasteiger partial charge on any atom is 0.251 e. The van der Waals surface area contributed by atoms with Crippen LogP contribution in [0, 0.1) is 31.5 Å². The molecule has 0 aromatic heterocycles. The average Bonchev–Trinajstić information content (AvgIpc) is 3.34. The number of amides is 2. The van der Waals surface area contributed by atoms with E-state index in [-0.39, 0.29) is 35.5 Å². The summed E-state index contributed by atoms with van der Waals surface area (Å²) in [6.45, 7) is 9.12. The number of aryl methyl sites for hydroxylation is 2. The Bertz CT molecular complexity index is 1320. The van der Waals surface area contributed by atoms with Crippen LogP contribution in [0.25, 0.3) is 0 Å². The van der Waals surface area contributed by atoms with E-state index in [1.165, 1.54) is 11.6 Å². The van der Waals surface area contributed by atoms with E-state index in [9.17, 15) is 14.0 Å². The molecule has 5 rings (SSSR count). The first-order valence-electron chi connectivity index (χ1n) is 14.0. The van der Waals surface area contributed by atoms with Crippen LogP contribution in [-0.4, -0.2) is 42.4 Å². The first kappa shape index (κ1) is 27.1. The number of carbonyl (C=O) groups excluding carboxylic acids is 2. The first-order valence-corrected chi connectivity index (χ1v) is 14.0. The van der Waals surface area contributed by atoms with Gasteiger partial charge in [-0.3, -0.25) is 14.5 Å². The van der Waals surface area contributed by atoms with Crippen molar-refractivity contribution in [1.82, 2.24) is 10.2 Å². The van der Waals surface area contributed by atoms with Gasteiger partial charge in [-0.1, -0.05) is 55.5 Å². The molecule has 2 aliphatic rings. The molecular formula is C33H38FN3O2. The lowest BCUT2D eigenvalue weighted by Gasteiger charge is -2.38. The standard InChI is InChI=1S/C33H38FN3O2/c1-22-16-28(32(38)35-29-13-14-36(21-29)19-25-9-5-4-6-10-25)17-23(2)31(22)37-20-26(15-24(3)33(37)39)18-27-11-7-8-12-30(27)34/h4-12,16-17,24,26,29H,13-15,18-21H2,1-3H3,(H,35,38)/t24-,26-,29?/m1/s1. The number of hydrogen-bond donors (Lipinski definition) is 1. The van der Waals surface area contributed by atoms with E-state index in [2.05, 4.69) is 34.5 Å². The van der Waals surface area contributed by atoms with Crippen molar-refractivity contribution in [2.75, 3.05) is 24.5 Å². The van der Waals surface area contributed by atoms with Crippen molar-refractivity contribution in [2.45, 2.75) is 52.6 Å². The summed E-state index contributed by atoms with van der Waals surface area (Å²) in [6, 6.07) is 21.2. The van der Waals surface area contributed by atoms with Crippen molar-refractivity contribution in [2.24, 2.45) is 11.8 Å². The SMILES string of the molecule is Cc1cc(C(=O)NC2CCN(Cc3ccccc3)C2)cc(C)c1N1C[C@@H](Cc2ccccc2F)C[C@@H](C)C1=O. The van der Waals surface area contributed by atoms with Crippen LogP contribution < -0.4 is 10.2 Å². The second-order valence-electron chi connectivity index (χ2n) is 11.4. The smallest absolute Gasteiger partial charge is 0.251 e. The molecule has 2 aliphatic heterocycles. The summed E-state index contributed by atoms with van der Waals surface area (Å²) in [4.78, 5) is 30.7. The van der Waals surface area contributed by atoms with E-state index in [0.29, 0.717) is 24.1 Å². The summed E-state index contributed by atoms with van der Waals surface area (Å²) in [7, 11) is 0. The second-order valence-corrected chi connectivity index (χ2v) is 11.4. The normalized spacial score (nSPS) is 21.8. The van der Waals surface area contributed by atoms with Crippen molar-refractivity contribution < 1.29 is 14.0 Å². The van der Waals surface area contributed by atoms with Crippen LogP contribution >= 0.6 is 0 Å². The predicted molar refractivity (Wildman–Crippen MR) is 153 cm³/mol. The average molecular weight is 528 g/mol. The van der Waals surface area contributed by atoms with Crippen LogP contribution in [0.3, 0.4) is 0 Å². The summed E-state index contributed by atoms with van der Waals surface area (Å²) in [6.07, 6.45) is 2.27. The minimum atomic E-state index is -0.193. The number of hydrogen-bond acceptors (Lipinski definition) is 3. The second kappa shape index (κ2) is 11.7. The number of benzene rings is 3. The fourth-order valence-electron chi connectivity index (χ4n) is 6.33. The molecular weight excluding hydrogens is 489 g/mol. The molecule has 0 aliphatic carbocycles. The largest absolute Gasteiger partial charge is 0.348 e. The lowest BCUT2D eigenvalue weighted by Crippen LogP contribution is -2.46. The molecule has 3 aromatic carbocycles. The van der Waals surface area contributed by atoms with Crippen molar-refractivity contribution in [3.05, 3.63) is 100 Å². The zero-order chi connectivity index (χ0) is 27.5. The van der Waals surface area contributed by atoms with E-state index in [1.54, 1.807) is 6.07 Å². The summed E-state index contributed by atoms with van der Waals surface area (Å²) in [5.41, 5.74) is 5.28. The van der Waals surface area contributed by atoms with Gasteiger partial charge in [-0.05, 0) is 79.5 Å². The molecule has 1 N–H and O–H groups in total. The predicted octanol–water partition coefficient (Wildman–Crippen LogP) is 5.68. The van der Waals surface area contributed by atoms with Gasteiger partial charge >= 0.3 is 0 Å². The molecule has 3 aromatic rings. The summed E-state index contributed by atoms with van der Waals surface area (Å²) < 4.78 is 14.3. The van der Waals surface area contributed by atoms with E-state index < -0.39 is 0 Å². The molecule has 39 heavy (non-hydrogen) atoms. The third kappa shape index (κ3) is 6.22. The molecule has 0 saturated carbocycles. The van der Waals surface area contributed by atoms with Gasteiger partial charge in [0.1, 0.15) is 5.82 Å². The highest BCUT2D eigenvalue weighted by Crippen LogP contribution is 2.34.